The highest BCUT2D eigenvalue weighted by Crippen LogP contribution is 2.21. The van der Waals surface area contributed by atoms with Crippen LogP contribution in [-0.2, 0) is 11.8 Å². The summed E-state index contributed by atoms with van der Waals surface area (Å²) in [7, 11) is 1.83. The number of halogens is 1. The number of nitrogens with zero attached hydrogens (tertiary/aromatic N) is 2. The number of nitrogens with one attached hydrogen (secondary N) is 2. The summed E-state index contributed by atoms with van der Waals surface area (Å²) in [5.41, 5.74) is 1.30. The van der Waals surface area contributed by atoms with Gasteiger partial charge in [0, 0.05) is 43.4 Å². The van der Waals surface area contributed by atoms with Gasteiger partial charge in [0.1, 0.15) is 17.7 Å². The van der Waals surface area contributed by atoms with Crippen molar-refractivity contribution < 1.29 is 14.0 Å². The summed E-state index contributed by atoms with van der Waals surface area (Å²) < 4.78 is 15.0. The summed E-state index contributed by atoms with van der Waals surface area (Å²) in [6.45, 7) is 0.219. The van der Waals surface area contributed by atoms with E-state index in [1.807, 2.05) is 12.4 Å². The van der Waals surface area contributed by atoms with Gasteiger partial charge in [-0.1, -0.05) is 12.1 Å². The molecule has 1 atom stereocenters. The average molecular weight is 386 g/mol. The van der Waals surface area contributed by atoms with Crippen molar-refractivity contribution in [3.8, 4) is 0 Å². The minimum atomic E-state index is -0.509. The Morgan fingerprint density at radius 1 is 1.26 bits per heavy atom. The maximum atomic E-state index is 13.2. The van der Waals surface area contributed by atoms with Gasteiger partial charge in [0.2, 0.25) is 5.91 Å². The first-order valence-electron chi connectivity index (χ1n) is 8.37. The van der Waals surface area contributed by atoms with Crippen LogP contribution in [0.5, 0.6) is 0 Å². The summed E-state index contributed by atoms with van der Waals surface area (Å²) in [6, 6.07) is 7.15. The lowest BCUT2D eigenvalue weighted by atomic mass is 10.1. The fourth-order valence-corrected chi connectivity index (χ4v) is 3.26. The number of rotatable bonds is 7. The first-order chi connectivity index (χ1) is 13.0. The van der Waals surface area contributed by atoms with E-state index in [0.29, 0.717) is 11.4 Å². The third-order valence-electron chi connectivity index (χ3n) is 4.05. The van der Waals surface area contributed by atoms with Crippen molar-refractivity contribution in [3.05, 3.63) is 76.3 Å². The Bertz CT molecular complexity index is 906. The largest absolute Gasteiger partial charge is 0.351 e. The van der Waals surface area contributed by atoms with Gasteiger partial charge in [0.05, 0.1) is 0 Å². The molecule has 2 amide bonds. The van der Waals surface area contributed by atoms with Crippen molar-refractivity contribution in [1.29, 1.82) is 0 Å². The molecule has 0 aliphatic rings. The van der Waals surface area contributed by atoms with Crippen LogP contribution < -0.4 is 10.6 Å². The molecule has 3 rings (SSSR count). The maximum absolute atomic E-state index is 13.2. The zero-order valence-corrected chi connectivity index (χ0v) is 15.5. The van der Waals surface area contributed by atoms with Crippen LogP contribution in [0.3, 0.4) is 0 Å². The number of aryl methyl sites for hydroxylation is 1. The molecule has 1 aromatic carbocycles. The van der Waals surface area contributed by atoms with Crippen molar-refractivity contribution in [1.82, 2.24) is 20.2 Å². The normalized spacial score (nSPS) is 11.8. The van der Waals surface area contributed by atoms with Crippen LogP contribution in [0.1, 0.15) is 34.2 Å². The Kier molecular flexibility index (Phi) is 5.97. The fourth-order valence-electron chi connectivity index (χ4n) is 2.63. The fraction of sp³-hybridized carbons (Fsp3) is 0.211. The third-order valence-corrected chi connectivity index (χ3v) is 4.73. The molecule has 0 saturated heterocycles. The van der Waals surface area contributed by atoms with E-state index in [0.717, 1.165) is 5.56 Å². The lowest BCUT2D eigenvalue weighted by Crippen LogP contribution is -2.34. The Balaban J connectivity index is 1.63. The maximum Gasteiger partial charge on any atom is 0.252 e. The van der Waals surface area contributed by atoms with Crippen LogP contribution in [0.2, 0.25) is 0 Å². The van der Waals surface area contributed by atoms with Crippen molar-refractivity contribution in [3.63, 3.8) is 0 Å². The summed E-state index contributed by atoms with van der Waals surface area (Å²) in [5.74, 6) is -0.154. The molecule has 140 valence electrons. The molecule has 1 unspecified atom stereocenters. The van der Waals surface area contributed by atoms with Gasteiger partial charge in [-0.15, -0.1) is 0 Å². The first kappa shape index (κ1) is 18.8. The summed E-state index contributed by atoms with van der Waals surface area (Å²) in [6.07, 6.45) is 3.54. The van der Waals surface area contributed by atoms with Crippen molar-refractivity contribution >= 4 is 23.2 Å². The zero-order valence-electron chi connectivity index (χ0n) is 14.7. The summed E-state index contributed by atoms with van der Waals surface area (Å²) in [4.78, 5) is 28.6. The molecule has 2 N–H and O–H groups in total. The standard InChI is InChI=1S/C19H19FN4O2S/c1-24-10-9-21-18(24)17(13-2-4-15(20)5-3-13)23-16(25)6-8-22-19(26)14-7-11-27-12-14/h2-5,7,9-12,17H,6,8H2,1H3,(H,22,26)(H,23,25). The topological polar surface area (TPSA) is 76.0 Å². The number of carbonyl (C=O) groups excluding carboxylic acids is 2. The number of thiophene rings is 1. The minimum absolute atomic E-state index is 0.123. The lowest BCUT2D eigenvalue weighted by Gasteiger charge is -2.19. The van der Waals surface area contributed by atoms with E-state index < -0.39 is 6.04 Å². The van der Waals surface area contributed by atoms with E-state index >= 15 is 0 Å². The number of benzene rings is 1. The molecule has 6 nitrogen and oxygen atoms in total. The van der Waals surface area contributed by atoms with Crippen LogP contribution in [0.15, 0.2) is 53.5 Å². The molecule has 0 aliphatic carbocycles. The number of aromatic nitrogens is 2. The van der Waals surface area contributed by atoms with E-state index in [-0.39, 0.29) is 30.6 Å². The molecule has 2 heterocycles. The van der Waals surface area contributed by atoms with Gasteiger partial charge >= 0.3 is 0 Å². The van der Waals surface area contributed by atoms with Crippen LogP contribution in [0, 0.1) is 5.82 Å². The van der Waals surface area contributed by atoms with Crippen LogP contribution in [0.25, 0.3) is 0 Å². The molecule has 2 aromatic heterocycles. The predicted octanol–water partition coefficient (Wildman–Crippen LogP) is 2.65. The second kappa shape index (κ2) is 8.59. The highest BCUT2D eigenvalue weighted by atomic mass is 32.1. The van der Waals surface area contributed by atoms with Gasteiger partial charge in [-0.25, -0.2) is 9.37 Å². The lowest BCUT2D eigenvalue weighted by molar-refractivity contribution is -0.121. The van der Waals surface area contributed by atoms with Crippen molar-refractivity contribution in [2.45, 2.75) is 12.5 Å². The molecule has 3 aromatic rings. The quantitative estimate of drug-likeness (QED) is 0.655. The monoisotopic (exact) mass is 386 g/mol. The molecule has 8 heteroatoms. The van der Waals surface area contributed by atoms with E-state index in [1.165, 1.54) is 23.5 Å². The van der Waals surface area contributed by atoms with E-state index in [4.69, 9.17) is 0 Å². The number of hydrogen-bond donors (Lipinski definition) is 2. The summed E-state index contributed by atoms with van der Waals surface area (Å²) in [5, 5.41) is 9.20. The molecule has 0 bridgehead atoms. The molecule has 0 aliphatic heterocycles. The van der Waals surface area contributed by atoms with Gasteiger partial charge in [-0.3, -0.25) is 9.59 Å². The second-order valence-corrected chi connectivity index (χ2v) is 6.75. The SMILES string of the molecule is Cn1ccnc1C(NC(=O)CCNC(=O)c1ccsc1)c1ccc(F)cc1. The third kappa shape index (κ3) is 4.79. The summed E-state index contributed by atoms with van der Waals surface area (Å²) >= 11 is 1.44. The number of imidazole rings is 1. The Morgan fingerprint density at radius 2 is 2.04 bits per heavy atom. The predicted molar refractivity (Wildman–Crippen MR) is 101 cm³/mol. The van der Waals surface area contributed by atoms with Gasteiger partial charge < -0.3 is 15.2 Å². The van der Waals surface area contributed by atoms with Crippen molar-refractivity contribution in [2.24, 2.45) is 7.05 Å². The number of carbonyl (C=O) groups is 2. The average Bonchev–Trinajstić information content (AvgIpc) is 3.32. The van der Waals surface area contributed by atoms with Gasteiger partial charge in [0.25, 0.3) is 5.91 Å². The van der Waals surface area contributed by atoms with Gasteiger partial charge in [-0.05, 0) is 29.1 Å². The van der Waals surface area contributed by atoms with E-state index in [1.54, 1.807) is 40.5 Å². The number of hydrogen-bond acceptors (Lipinski definition) is 4. The smallest absolute Gasteiger partial charge is 0.252 e. The molecular weight excluding hydrogens is 367 g/mol. The second-order valence-electron chi connectivity index (χ2n) is 5.97. The Hall–Kier alpha value is -3.00. The van der Waals surface area contributed by atoms with E-state index in [9.17, 15) is 14.0 Å². The molecule has 0 radical (unpaired) electrons. The van der Waals surface area contributed by atoms with Gasteiger partial charge in [0.15, 0.2) is 0 Å². The number of amides is 2. The van der Waals surface area contributed by atoms with Gasteiger partial charge in [-0.2, -0.15) is 11.3 Å². The van der Waals surface area contributed by atoms with Crippen LogP contribution >= 0.6 is 11.3 Å². The molecule has 0 saturated carbocycles. The highest BCUT2D eigenvalue weighted by Gasteiger charge is 2.20. The van der Waals surface area contributed by atoms with Crippen LogP contribution in [-0.4, -0.2) is 27.9 Å². The van der Waals surface area contributed by atoms with Crippen LogP contribution in [0.4, 0.5) is 4.39 Å². The van der Waals surface area contributed by atoms with Crippen molar-refractivity contribution in [2.75, 3.05) is 6.54 Å². The Labute approximate surface area is 160 Å². The molecule has 0 fully saturated rings. The highest BCUT2D eigenvalue weighted by molar-refractivity contribution is 7.08. The first-order valence-corrected chi connectivity index (χ1v) is 9.31. The minimum Gasteiger partial charge on any atom is -0.351 e. The molecule has 0 spiro atoms. The van der Waals surface area contributed by atoms with E-state index in [2.05, 4.69) is 15.6 Å². The molecular formula is C19H19FN4O2S. The molecule has 27 heavy (non-hydrogen) atoms. The zero-order chi connectivity index (χ0) is 19.2. The Morgan fingerprint density at radius 3 is 2.67 bits per heavy atom.